The monoisotopic (exact) mass is 408 g/mol. The van der Waals surface area contributed by atoms with E-state index in [1.165, 1.54) is 33.5 Å². The van der Waals surface area contributed by atoms with Gasteiger partial charge in [0.1, 0.15) is 0 Å². The molecule has 0 amide bonds. The highest BCUT2D eigenvalue weighted by Gasteiger charge is 2.23. The Morgan fingerprint density at radius 1 is 1.00 bits per heavy atom. The Labute approximate surface area is 163 Å². The van der Waals surface area contributed by atoms with Gasteiger partial charge in [0, 0.05) is 16.8 Å². The van der Waals surface area contributed by atoms with E-state index in [0.717, 1.165) is 43.8 Å². The van der Waals surface area contributed by atoms with E-state index in [2.05, 4.69) is 23.5 Å². The van der Waals surface area contributed by atoms with Crippen molar-refractivity contribution >= 4 is 27.6 Å². The smallest absolute Gasteiger partial charge is 0.316 e. The van der Waals surface area contributed by atoms with Crippen molar-refractivity contribution in [3.05, 3.63) is 69.5 Å². The number of fused-ring (bicyclic) bond motifs is 2. The molecule has 0 spiro atoms. The fourth-order valence-corrected chi connectivity index (χ4v) is 3.81. The third-order valence-electron chi connectivity index (χ3n) is 4.69. The molecule has 3 N–H and O–H groups in total. The fourth-order valence-electron chi connectivity index (χ4n) is 3.61. The maximum atomic E-state index is 8.74. The van der Waals surface area contributed by atoms with Crippen LogP contribution in [-0.2, 0) is 23.2 Å². The molecule has 8 heteroatoms. The highest BCUT2D eigenvalue weighted by molar-refractivity contribution is 7.79. The summed E-state index contributed by atoms with van der Waals surface area (Å²) in [6.07, 6.45) is 6.19. The topological polar surface area (TPSA) is 99.5 Å². The molecule has 27 heavy (non-hydrogen) atoms. The fraction of sp³-hybridized carbons (Fsp3) is 0.316. The number of pyridine rings is 1. The summed E-state index contributed by atoms with van der Waals surface area (Å²) in [6.45, 7) is 2.12. The van der Waals surface area contributed by atoms with E-state index in [-0.39, 0.29) is 0 Å². The summed E-state index contributed by atoms with van der Waals surface area (Å²) in [5, 5.41) is 4.28. The van der Waals surface area contributed by atoms with Gasteiger partial charge in [-0.05, 0) is 73.7 Å². The molecule has 1 aliphatic carbocycles. The first-order valence-corrected chi connectivity index (χ1v) is 10.5. The molecule has 2 heterocycles. The second-order valence-electron chi connectivity index (χ2n) is 6.49. The zero-order valence-electron chi connectivity index (χ0n) is 14.7. The average Bonchev–Trinajstić information content (AvgIpc) is 2.78. The lowest BCUT2D eigenvalue weighted by Gasteiger charge is -2.21. The Bertz CT molecular complexity index is 957. The number of hydrogen-bond acceptors (Lipinski definition) is 4. The molecule has 0 atom stereocenters. The second-order valence-corrected chi connectivity index (χ2v) is 7.82. The van der Waals surface area contributed by atoms with Crippen molar-refractivity contribution in [2.75, 3.05) is 13.1 Å². The molecule has 2 aliphatic rings. The summed E-state index contributed by atoms with van der Waals surface area (Å²) in [5.74, 6) is 0. The third kappa shape index (κ3) is 5.37. The SMILES string of the molecule is Clc1ccc2c(c1)CCc1cccnc1C2=C1CCNCC1.O=S(=O)(O)O. The summed E-state index contributed by atoms with van der Waals surface area (Å²) in [6, 6.07) is 10.6. The molecule has 2 aromatic rings. The van der Waals surface area contributed by atoms with Gasteiger partial charge in [-0.15, -0.1) is 0 Å². The van der Waals surface area contributed by atoms with E-state index < -0.39 is 10.4 Å². The van der Waals surface area contributed by atoms with Crippen molar-refractivity contribution in [3.8, 4) is 0 Å². The number of nitrogens with one attached hydrogen (secondary N) is 1. The van der Waals surface area contributed by atoms with Crippen molar-refractivity contribution in [2.24, 2.45) is 0 Å². The minimum atomic E-state index is -4.67. The summed E-state index contributed by atoms with van der Waals surface area (Å²) in [4.78, 5) is 4.75. The van der Waals surface area contributed by atoms with Crippen LogP contribution in [0, 0.1) is 0 Å². The standard InChI is InChI=1S/C19H19ClN2.H2O4S/c20-16-5-6-17-15(12-16)4-3-14-2-1-9-22-19(14)18(17)13-7-10-21-11-8-13;1-5(2,3)4/h1-2,5-6,9,12,21H,3-4,7-8,10-11H2;(H2,1,2,3,4). The van der Waals surface area contributed by atoms with Crippen molar-refractivity contribution in [1.82, 2.24) is 10.3 Å². The van der Waals surface area contributed by atoms with Crippen LogP contribution < -0.4 is 5.32 Å². The van der Waals surface area contributed by atoms with Crippen LogP contribution in [0.3, 0.4) is 0 Å². The summed E-state index contributed by atoms with van der Waals surface area (Å²) >= 11 is 6.23. The minimum Gasteiger partial charge on any atom is -0.316 e. The molecule has 6 nitrogen and oxygen atoms in total. The number of hydrogen-bond donors (Lipinski definition) is 3. The molecule has 0 radical (unpaired) electrons. The van der Waals surface area contributed by atoms with Crippen LogP contribution in [0.15, 0.2) is 42.1 Å². The molecule has 0 unspecified atom stereocenters. The molecule has 0 saturated carbocycles. The van der Waals surface area contributed by atoms with Gasteiger partial charge in [-0.2, -0.15) is 8.42 Å². The molecule has 4 rings (SSSR count). The maximum Gasteiger partial charge on any atom is 0.394 e. The van der Waals surface area contributed by atoms with E-state index in [0.29, 0.717) is 0 Å². The van der Waals surface area contributed by atoms with Crippen LogP contribution >= 0.6 is 11.6 Å². The van der Waals surface area contributed by atoms with Crippen LogP contribution in [0.2, 0.25) is 5.02 Å². The van der Waals surface area contributed by atoms with Crippen molar-refractivity contribution in [2.45, 2.75) is 25.7 Å². The van der Waals surface area contributed by atoms with E-state index in [9.17, 15) is 0 Å². The van der Waals surface area contributed by atoms with Gasteiger partial charge in [0.05, 0.1) is 5.69 Å². The van der Waals surface area contributed by atoms with E-state index in [4.69, 9.17) is 34.1 Å². The highest BCUT2D eigenvalue weighted by Crippen LogP contribution is 2.37. The molecule has 144 valence electrons. The summed E-state index contributed by atoms with van der Waals surface area (Å²) in [7, 11) is -4.67. The first-order chi connectivity index (χ1) is 12.8. The first kappa shape index (κ1) is 20.0. The second kappa shape index (κ2) is 8.50. The first-order valence-electron chi connectivity index (χ1n) is 8.68. The molecule has 1 saturated heterocycles. The Morgan fingerprint density at radius 2 is 1.67 bits per heavy atom. The van der Waals surface area contributed by atoms with E-state index in [1.54, 1.807) is 0 Å². The van der Waals surface area contributed by atoms with Crippen LogP contribution in [-0.4, -0.2) is 35.6 Å². The van der Waals surface area contributed by atoms with Crippen LogP contribution in [0.5, 0.6) is 0 Å². The predicted octanol–water partition coefficient (Wildman–Crippen LogP) is 3.37. The number of rotatable bonds is 0. The van der Waals surface area contributed by atoms with Gasteiger partial charge >= 0.3 is 10.4 Å². The number of benzene rings is 1. The lowest BCUT2D eigenvalue weighted by molar-refractivity contribution is 0.381. The van der Waals surface area contributed by atoms with Gasteiger partial charge in [-0.1, -0.05) is 29.3 Å². The number of aryl methyl sites for hydroxylation is 2. The van der Waals surface area contributed by atoms with Gasteiger partial charge in [-0.25, -0.2) is 0 Å². The van der Waals surface area contributed by atoms with Gasteiger partial charge in [-0.3, -0.25) is 14.1 Å². The molecular weight excluding hydrogens is 388 g/mol. The molecular formula is C19H21ClN2O4S. The van der Waals surface area contributed by atoms with Crippen molar-refractivity contribution in [3.63, 3.8) is 0 Å². The maximum absolute atomic E-state index is 8.74. The zero-order valence-corrected chi connectivity index (χ0v) is 16.2. The quantitative estimate of drug-likeness (QED) is 0.578. The van der Waals surface area contributed by atoms with Crippen molar-refractivity contribution < 1.29 is 17.5 Å². The van der Waals surface area contributed by atoms with Gasteiger partial charge in [0.15, 0.2) is 0 Å². The minimum absolute atomic E-state index is 0.826. The predicted molar refractivity (Wildman–Crippen MR) is 105 cm³/mol. The number of nitrogens with zero attached hydrogens (tertiary/aromatic N) is 1. The normalized spacial score (nSPS) is 16.6. The highest BCUT2D eigenvalue weighted by atomic mass is 35.5. The number of piperidine rings is 1. The Kier molecular flexibility index (Phi) is 6.29. The average molecular weight is 409 g/mol. The molecule has 1 fully saturated rings. The van der Waals surface area contributed by atoms with Gasteiger partial charge in [0.25, 0.3) is 0 Å². The largest absolute Gasteiger partial charge is 0.394 e. The van der Waals surface area contributed by atoms with Crippen LogP contribution in [0.4, 0.5) is 0 Å². The molecule has 1 aromatic heterocycles. The Hall–Kier alpha value is -1.77. The zero-order chi connectivity index (χ0) is 19.4. The Morgan fingerprint density at radius 3 is 2.37 bits per heavy atom. The lowest BCUT2D eigenvalue weighted by Crippen LogP contribution is -2.24. The molecule has 1 aliphatic heterocycles. The van der Waals surface area contributed by atoms with Crippen molar-refractivity contribution in [1.29, 1.82) is 0 Å². The number of halogens is 1. The van der Waals surface area contributed by atoms with Crippen LogP contribution in [0.25, 0.3) is 5.57 Å². The molecule has 0 bridgehead atoms. The van der Waals surface area contributed by atoms with Gasteiger partial charge < -0.3 is 5.32 Å². The number of aromatic nitrogens is 1. The van der Waals surface area contributed by atoms with E-state index >= 15 is 0 Å². The summed E-state index contributed by atoms with van der Waals surface area (Å²) < 4.78 is 31.6. The van der Waals surface area contributed by atoms with Gasteiger partial charge in [0.2, 0.25) is 0 Å². The van der Waals surface area contributed by atoms with E-state index in [1.807, 2.05) is 18.3 Å². The van der Waals surface area contributed by atoms with Crippen LogP contribution in [0.1, 0.15) is 35.2 Å². The lowest BCUT2D eigenvalue weighted by atomic mass is 9.89. The molecule has 1 aromatic carbocycles. The Balaban J connectivity index is 0.000000376. The summed E-state index contributed by atoms with van der Waals surface area (Å²) in [5.41, 5.74) is 8.12. The third-order valence-corrected chi connectivity index (χ3v) is 4.92.